The van der Waals surface area contributed by atoms with E-state index in [4.69, 9.17) is 0 Å². The van der Waals surface area contributed by atoms with Crippen molar-refractivity contribution in [3.63, 3.8) is 0 Å². The zero-order chi connectivity index (χ0) is 19.8. The average molecular weight is 384 g/mol. The highest BCUT2D eigenvalue weighted by atomic mass is 16.2. The molecular formula is C24H24N4O. The number of hydrogen-bond donors (Lipinski definition) is 0. The lowest BCUT2D eigenvalue weighted by Gasteiger charge is -2.31. The summed E-state index contributed by atoms with van der Waals surface area (Å²) < 4.78 is 0. The molecule has 2 aliphatic rings. The smallest absolute Gasteiger partial charge is 0.272 e. The van der Waals surface area contributed by atoms with E-state index in [1.807, 2.05) is 24.0 Å². The van der Waals surface area contributed by atoms with Gasteiger partial charge in [0.1, 0.15) is 17.3 Å². The number of fused-ring (bicyclic) bond motifs is 2. The van der Waals surface area contributed by atoms with Gasteiger partial charge in [-0.25, -0.2) is 9.97 Å². The molecule has 1 aromatic heterocycles. The first-order valence-corrected chi connectivity index (χ1v) is 10.3. The minimum absolute atomic E-state index is 0.0171. The topological polar surface area (TPSA) is 49.3 Å². The second-order valence-corrected chi connectivity index (χ2v) is 7.79. The Morgan fingerprint density at radius 3 is 2.52 bits per heavy atom. The van der Waals surface area contributed by atoms with Gasteiger partial charge in [0.05, 0.1) is 0 Å². The number of carbonyl (C=O) groups excluding carboxylic acids is 1. The van der Waals surface area contributed by atoms with E-state index in [1.165, 1.54) is 22.4 Å². The van der Waals surface area contributed by atoms with Gasteiger partial charge in [0.15, 0.2) is 0 Å². The molecule has 29 heavy (non-hydrogen) atoms. The summed E-state index contributed by atoms with van der Waals surface area (Å²) in [5.41, 5.74) is 5.55. The number of nitrogens with zero attached hydrogens (tertiary/aromatic N) is 4. The number of aryl methyl sites for hydroxylation is 2. The van der Waals surface area contributed by atoms with Crippen molar-refractivity contribution in [2.75, 3.05) is 18.0 Å². The first-order chi connectivity index (χ1) is 14.2. The van der Waals surface area contributed by atoms with Gasteiger partial charge in [0.2, 0.25) is 0 Å². The third-order valence-electron chi connectivity index (χ3n) is 5.85. The maximum atomic E-state index is 13.3. The van der Waals surface area contributed by atoms with Crippen molar-refractivity contribution in [3.8, 4) is 0 Å². The summed E-state index contributed by atoms with van der Waals surface area (Å²) in [6, 6.07) is 18.7. The molecule has 5 rings (SSSR count). The van der Waals surface area contributed by atoms with Crippen LogP contribution in [0.1, 0.15) is 39.4 Å². The molecule has 0 spiro atoms. The number of rotatable bonds is 2. The van der Waals surface area contributed by atoms with Crippen LogP contribution in [0, 0.1) is 6.92 Å². The maximum Gasteiger partial charge on any atom is 0.272 e. The molecule has 3 heterocycles. The lowest BCUT2D eigenvalue weighted by atomic mass is 9.99. The Hall–Kier alpha value is -3.21. The van der Waals surface area contributed by atoms with E-state index in [0.717, 1.165) is 38.2 Å². The molecule has 2 aliphatic heterocycles. The Balaban J connectivity index is 1.46. The summed E-state index contributed by atoms with van der Waals surface area (Å²) in [5.74, 6) is 1.42. The minimum Gasteiger partial charge on any atom is -0.333 e. The predicted molar refractivity (Wildman–Crippen MR) is 113 cm³/mol. The van der Waals surface area contributed by atoms with Crippen molar-refractivity contribution < 1.29 is 4.79 Å². The fourth-order valence-electron chi connectivity index (χ4n) is 4.40. The Kier molecular flexibility index (Phi) is 4.51. The van der Waals surface area contributed by atoms with E-state index >= 15 is 0 Å². The predicted octanol–water partition coefficient (Wildman–Crippen LogP) is 4.07. The lowest BCUT2D eigenvalue weighted by molar-refractivity contribution is 0.0728. The lowest BCUT2D eigenvalue weighted by Crippen LogP contribution is -2.36. The summed E-state index contributed by atoms with van der Waals surface area (Å²) >= 11 is 0. The summed E-state index contributed by atoms with van der Waals surface area (Å²) in [6.45, 7) is 4.13. The standard InChI is InChI=1S/C24H24N4O/c1-17-25-21(24(29)27-14-12-18-7-2-3-9-20(18)16-27)15-23(26-17)28-13-6-10-19-8-4-5-11-22(19)28/h2-5,7-9,11,15H,6,10,12-14,16H2,1H3. The van der Waals surface area contributed by atoms with Crippen LogP contribution in [0.4, 0.5) is 11.5 Å². The molecule has 0 unspecified atom stereocenters. The largest absolute Gasteiger partial charge is 0.333 e. The molecule has 0 N–H and O–H groups in total. The molecule has 0 aliphatic carbocycles. The Labute approximate surface area is 171 Å². The monoisotopic (exact) mass is 384 g/mol. The molecule has 0 bridgehead atoms. The quantitative estimate of drug-likeness (QED) is 0.668. The van der Waals surface area contributed by atoms with Crippen LogP contribution < -0.4 is 4.90 Å². The van der Waals surface area contributed by atoms with Crippen LogP contribution in [0.3, 0.4) is 0 Å². The number of amides is 1. The number of para-hydroxylation sites is 1. The molecule has 0 saturated heterocycles. The fourth-order valence-corrected chi connectivity index (χ4v) is 4.40. The summed E-state index contributed by atoms with van der Waals surface area (Å²) in [4.78, 5) is 26.5. The number of carbonyl (C=O) groups is 1. The van der Waals surface area contributed by atoms with Crippen molar-refractivity contribution in [1.29, 1.82) is 0 Å². The Morgan fingerprint density at radius 2 is 1.66 bits per heavy atom. The van der Waals surface area contributed by atoms with Gasteiger partial charge in [0.25, 0.3) is 5.91 Å². The molecule has 2 aromatic carbocycles. The SMILES string of the molecule is Cc1nc(C(=O)N2CCc3ccccc3C2)cc(N2CCCc3ccccc32)n1. The molecule has 0 saturated carbocycles. The van der Waals surface area contributed by atoms with Crippen LogP contribution in [0.2, 0.25) is 0 Å². The summed E-state index contributed by atoms with van der Waals surface area (Å²) in [6.07, 6.45) is 3.04. The molecular weight excluding hydrogens is 360 g/mol. The molecule has 0 fully saturated rings. The van der Waals surface area contributed by atoms with E-state index in [2.05, 4.69) is 57.3 Å². The van der Waals surface area contributed by atoms with Gasteiger partial charge in [-0.1, -0.05) is 42.5 Å². The number of anilines is 2. The molecule has 146 valence electrons. The first kappa shape index (κ1) is 17.9. The van der Waals surface area contributed by atoms with Crippen molar-refractivity contribution in [2.45, 2.75) is 32.7 Å². The molecule has 3 aromatic rings. The molecule has 0 radical (unpaired) electrons. The third-order valence-corrected chi connectivity index (χ3v) is 5.85. The zero-order valence-corrected chi connectivity index (χ0v) is 16.6. The molecule has 5 nitrogen and oxygen atoms in total. The van der Waals surface area contributed by atoms with E-state index in [1.54, 1.807) is 0 Å². The van der Waals surface area contributed by atoms with E-state index < -0.39 is 0 Å². The Morgan fingerprint density at radius 1 is 0.897 bits per heavy atom. The fraction of sp³-hybridized carbons (Fsp3) is 0.292. The molecule has 1 amide bonds. The third kappa shape index (κ3) is 3.37. The van der Waals surface area contributed by atoms with E-state index in [-0.39, 0.29) is 5.91 Å². The zero-order valence-electron chi connectivity index (χ0n) is 16.6. The highest BCUT2D eigenvalue weighted by molar-refractivity contribution is 5.93. The van der Waals surface area contributed by atoms with Crippen LogP contribution in [-0.4, -0.2) is 33.9 Å². The van der Waals surface area contributed by atoms with Gasteiger partial charge in [0, 0.05) is 31.4 Å². The highest BCUT2D eigenvalue weighted by Gasteiger charge is 2.25. The van der Waals surface area contributed by atoms with E-state index in [0.29, 0.717) is 18.1 Å². The first-order valence-electron chi connectivity index (χ1n) is 10.3. The Bertz CT molecular complexity index is 1080. The summed E-state index contributed by atoms with van der Waals surface area (Å²) in [5, 5.41) is 0. The van der Waals surface area contributed by atoms with Crippen molar-refractivity contribution in [2.24, 2.45) is 0 Å². The van der Waals surface area contributed by atoms with Gasteiger partial charge in [-0.2, -0.15) is 0 Å². The van der Waals surface area contributed by atoms with Crippen LogP contribution in [0.25, 0.3) is 0 Å². The van der Waals surface area contributed by atoms with Crippen molar-refractivity contribution in [1.82, 2.24) is 14.9 Å². The average Bonchev–Trinajstić information content (AvgIpc) is 2.77. The number of benzene rings is 2. The van der Waals surface area contributed by atoms with Gasteiger partial charge >= 0.3 is 0 Å². The van der Waals surface area contributed by atoms with Gasteiger partial charge in [-0.3, -0.25) is 4.79 Å². The minimum atomic E-state index is -0.0171. The van der Waals surface area contributed by atoms with E-state index in [9.17, 15) is 4.79 Å². The maximum absolute atomic E-state index is 13.3. The van der Waals surface area contributed by atoms with Gasteiger partial charge < -0.3 is 9.80 Å². The number of aromatic nitrogens is 2. The van der Waals surface area contributed by atoms with Crippen LogP contribution in [0.15, 0.2) is 54.6 Å². The second-order valence-electron chi connectivity index (χ2n) is 7.79. The van der Waals surface area contributed by atoms with Crippen LogP contribution >= 0.6 is 0 Å². The van der Waals surface area contributed by atoms with Gasteiger partial charge in [-0.05, 0) is 48.9 Å². The van der Waals surface area contributed by atoms with Crippen molar-refractivity contribution >= 4 is 17.4 Å². The van der Waals surface area contributed by atoms with Crippen LogP contribution in [-0.2, 0) is 19.4 Å². The van der Waals surface area contributed by atoms with Crippen molar-refractivity contribution in [3.05, 3.63) is 82.8 Å². The normalized spacial score (nSPS) is 15.6. The molecule has 0 atom stereocenters. The summed E-state index contributed by atoms with van der Waals surface area (Å²) in [7, 11) is 0. The van der Waals surface area contributed by atoms with Gasteiger partial charge in [-0.15, -0.1) is 0 Å². The molecule has 5 heteroatoms. The number of hydrogen-bond acceptors (Lipinski definition) is 4. The second kappa shape index (κ2) is 7.32. The van der Waals surface area contributed by atoms with Crippen LogP contribution in [0.5, 0.6) is 0 Å². The highest BCUT2D eigenvalue weighted by Crippen LogP contribution is 2.32.